The van der Waals surface area contributed by atoms with Gasteiger partial charge in [0.1, 0.15) is 6.04 Å². The number of hydrogen-bond donors (Lipinski definition) is 1. The summed E-state index contributed by atoms with van der Waals surface area (Å²) in [5, 5.41) is 8.64. The van der Waals surface area contributed by atoms with Crippen LogP contribution in [0.2, 0.25) is 0 Å². The molecule has 5 heteroatoms. The molecule has 1 rings (SSSR count). The summed E-state index contributed by atoms with van der Waals surface area (Å²) in [6, 6.07) is 0.431. The van der Waals surface area contributed by atoms with Crippen LogP contribution in [0, 0.1) is 6.92 Å². The molecule has 0 fully saturated rings. The smallest absolute Gasteiger partial charge is 0.326 e. The molecule has 0 saturated carbocycles. The highest BCUT2D eigenvalue weighted by molar-refractivity contribution is 5.71. The molecule has 1 heterocycles. The van der Waals surface area contributed by atoms with Crippen LogP contribution < -0.4 is 5.56 Å². The van der Waals surface area contributed by atoms with E-state index in [1.807, 2.05) is 0 Å². The third-order valence-electron chi connectivity index (χ3n) is 1.75. The zero-order valence-electron chi connectivity index (χ0n) is 7.39. The predicted octanol–water partition coefficient (Wildman–Crippen LogP) is 0.197. The lowest BCUT2D eigenvalue weighted by atomic mass is 10.3. The Hall–Kier alpha value is -1.65. The Morgan fingerprint density at radius 2 is 2.31 bits per heavy atom. The Balaban J connectivity index is 3.16. The van der Waals surface area contributed by atoms with Gasteiger partial charge in [-0.15, -0.1) is 0 Å². The molecule has 0 aliphatic carbocycles. The molecule has 1 atom stereocenters. The van der Waals surface area contributed by atoms with Crippen molar-refractivity contribution >= 4 is 5.97 Å². The monoisotopic (exact) mass is 182 g/mol. The van der Waals surface area contributed by atoms with Crippen LogP contribution in [0.25, 0.3) is 0 Å². The van der Waals surface area contributed by atoms with E-state index < -0.39 is 12.0 Å². The highest BCUT2D eigenvalue weighted by Gasteiger charge is 2.13. The maximum Gasteiger partial charge on any atom is 0.326 e. The average molecular weight is 182 g/mol. The standard InChI is InChI=1S/C8H10N2O3/c1-5-3-7(11)10(4-9-5)6(2)8(12)13/h3-4,6H,1-2H3,(H,12,13). The van der Waals surface area contributed by atoms with Gasteiger partial charge in [0.2, 0.25) is 0 Å². The van der Waals surface area contributed by atoms with Gasteiger partial charge >= 0.3 is 5.97 Å². The van der Waals surface area contributed by atoms with Gasteiger partial charge in [-0.25, -0.2) is 9.78 Å². The zero-order valence-corrected chi connectivity index (χ0v) is 7.39. The zero-order chi connectivity index (χ0) is 10.0. The van der Waals surface area contributed by atoms with E-state index in [0.29, 0.717) is 5.69 Å². The summed E-state index contributed by atoms with van der Waals surface area (Å²) in [5.41, 5.74) is 0.237. The van der Waals surface area contributed by atoms with Crippen molar-refractivity contribution in [3.05, 3.63) is 28.4 Å². The second kappa shape index (κ2) is 3.38. The van der Waals surface area contributed by atoms with Crippen molar-refractivity contribution in [2.75, 3.05) is 0 Å². The lowest BCUT2D eigenvalue weighted by Crippen LogP contribution is -2.27. The lowest BCUT2D eigenvalue weighted by Gasteiger charge is -2.08. The number of aliphatic carboxylic acids is 1. The van der Waals surface area contributed by atoms with Gasteiger partial charge in [0.15, 0.2) is 0 Å². The predicted molar refractivity (Wildman–Crippen MR) is 45.6 cm³/mol. The summed E-state index contributed by atoms with van der Waals surface area (Å²) in [6.45, 7) is 3.11. The molecule has 1 unspecified atom stereocenters. The van der Waals surface area contributed by atoms with E-state index >= 15 is 0 Å². The highest BCUT2D eigenvalue weighted by atomic mass is 16.4. The van der Waals surface area contributed by atoms with Gasteiger partial charge in [-0.2, -0.15) is 0 Å². The van der Waals surface area contributed by atoms with Gasteiger partial charge in [-0.05, 0) is 13.8 Å². The Bertz CT molecular complexity index is 383. The Morgan fingerprint density at radius 1 is 1.69 bits per heavy atom. The van der Waals surface area contributed by atoms with E-state index in [2.05, 4.69) is 4.98 Å². The van der Waals surface area contributed by atoms with Crippen LogP contribution in [0.15, 0.2) is 17.2 Å². The SMILES string of the molecule is Cc1cc(=O)n(C(C)C(=O)O)cn1. The Kier molecular flexibility index (Phi) is 2.46. The van der Waals surface area contributed by atoms with E-state index in [1.54, 1.807) is 6.92 Å². The second-order valence-electron chi connectivity index (χ2n) is 2.79. The first-order valence-electron chi connectivity index (χ1n) is 3.80. The summed E-state index contributed by atoms with van der Waals surface area (Å²) in [6.07, 6.45) is 1.25. The van der Waals surface area contributed by atoms with Crippen LogP contribution in [-0.2, 0) is 4.79 Å². The van der Waals surface area contributed by atoms with Crippen molar-refractivity contribution in [1.29, 1.82) is 0 Å². The van der Waals surface area contributed by atoms with Crippen LogP contribution in [0.5, 0.6) is 0 Å². The molecule has 0 aliphatic rings. The summed E-state index contributed by atoms with van der Waals surface area (Å²) >= 11 is 0. The third-order valence-corrected chi connectivity index (χ3v) is 1.75. The molecule has 0 amide bonds. The molecular formula is C8H10N2O3. The van der Waals surface area contributed by atoms with E-state index in [4.69, 9.17) is 5.11 Å². The first-order valence-corrected chi connectivity index (χ1v) is 3.80. The molecular weight excluding hydrogens is 172 g/mol. The van der Waals surface area contributed by atoms with Gasteiger partial charge in [-0.3, -0.25) is 9.36 Å². The number of nitrogens with zero attached hydrogens (tertiary/aromatic N) is 2. The fourth-order valence-corrected chi connectivity index (χ4v) is 0.911. The van der Waals surface area contributed by atoms with Crippen LogP contribution in [0.1, 0.15) is 18.7 Å². The summed E-state index contributed by atoms with van der Waals surface area (Å²) in [7, 11) is 0. The van der Waals surface area contributed by atoms with E-state index in [9.17, 15) is 9.59 Å². The van der Waals surface area contributed by atoms with Gasteiger partial charge in [0, 0.05) is 11.8 Å². The van der Waals surface area contributed by atoms with Gasteiger partial charge in [-0.1, -0.05) is 0 Å². The van der Waals surface area contributed by atoms with Crippen LogP contribution in [0.3, 0.4) is 0 Å². The Labute approximate surface area is 74.7 Å². The maximum absolute atomic E-state index is 11.2. The number of carbonyl (C=O) groups is 1. The molecule has 1 aromatic heterocycles. The van der Waals surface area contributed by atoms with Crippen molar-refractivity contribution in [3.8, 4) is 0 Å². The maximum atomic E-state index is 11.2. The molecule has 13 heavy (non-hydrogen) atoms. The largest absolute Gasteiger partial charge is 0.480 e. The van der Waals surface area contributed by atoms with Crippen LogP contribution in [0.4, 0.5) is 0 Å². The summed E-state index contributed by atoms with van der Waals surface area (Å²) in [4.78, 5) is 25.6. The average Bonchev–Trinajstić information content (AvgIpc) is 2.03. The molecule has 5 nitrogen and oxygen atoms in total. The minimum Gasteiger partial charge on any atom is -0.480 e. The second-order valence-corrected chi connectivity index (χ2v) is 2.79. The summed E-state index contributed by atoms with van der Waals surface area (Å²) < 4.78 is 1.08. The fourth-order valence-electron chi connectivity index (χ4n) is 0.911. The lowest BCUT2D eigenvalue weighted by molar-refractivity contribution is -0.140. The summed E-state index contributed by atoms with van der Waals surface area (Å²) in [5.74, 6) is -1.05. The number of aryl methyl sites for hydroxylation is 1. The van der Waals surface area contributed by atoms with Crippen molar-refractivity contribution in [2.24, 2.45) is 0 Å². The molecule has 1 aromatic rings. The molecule has 0 radical (unpaired) electrons. The van der Waals surface area contributed by atoms with Crippen LogP contribution in [-0.4, -0.2) is 20.6 Å². The number of rotatable bonds is 2. The van der Waals surface area contributed by atoms with Crippen molar-refractivity contribution in [2.45, 2.75) is 19.9 Å². The van der Waals surface area contributed by atoms with Crippen molar-refractivity contribution < 1.29 is 9.90 Å². The molecule has 0 bridgehead atoms. The van der Waals surface area contributed by atoms with Gasteiger partial charge < -0.3 is 5.11 Å². The molecule has 70 valence electrons. The van der Waals surface area contributed by atoms with Crippen molar-refractivity contribution in [3.63, 3.8) is 0 Å². The normalized spacial score (nSPS) is 12.5. The van der Waals surface area contributed by atoms with E-state index in [1.165, 1.54) is 19.3 Å². The number of hydrogen-bond acceptors (Lipinski definition) is 3. The minimum absolute atomic E-state index is 0.345. The third kappa shape index (κ3) is 1.93. The fraction of sp³-hybridized carbons (Fsp3) is 0.375. The first kappa shape index (κ1) is 9.44. The number of carboxylic acid groups (broad SMARTS) is 1. The van der Waals surface area contributed by atoms with Crippen LogP contribution >= 0.6 is 0 Å². The van der Waals surface area contributed by atoms with E-state index in [-0.39, 0.29) is 5.56 Å². The quantitative estimate of drug-likeness (QED) is 0.709. The minimum atomic E-state index is -1.05. The Morgan fingerprint density at radius 3 is 2.77 bits per heavy atom. The molecule has 0 aliphatic heterocycles. The molecule has 0 saturated heterocycles. The van der Waals surface area contributed by atoms with Gasteiger partial charge in [0.05, 0.1) is 6.33 Å². The van der Waals surface area contributed by atoms with Gasteiger partial charge in [0.25, 0.3) is 5.56 Å². The first-order chi connectivity index (χ1) is 6.02. The topological polar surface area (TPSA) is 72.2 Å². The number of carboxylic acids is 1. The molecule has 1 N–H and O–H groups in total. The molecule has 0 spiro atoms. The van der Waals surface area contributed by atoms with Crippen molar-refractivity contribution in [1.82, 2.24) is 9.55 Å². The van der Waals surface area contributed by atoms with E-state index in [0.717, 1.165) is 4.57 Å². The molecule has 0 aromatic carbocycles. The highest BCUT2D eigenvalue weighted by Crippen LogP contribution is 2.00. The number of aromatic nitrogens is 2.